The van der Waals surface area contributed by atoms with Crippen molar-refractivity contribution in [2.75, 3.05) is 6.61 Å². The number of ether oxygens (including phenoxy) is 1. The number of Topliss-reactive ketones (excluding diaryl/α,β-unsaturated/α-hetero) is 1. The first-order valence-corrected chi connectivity index (χ1v) is 7.90. The van der Waals surface area contributed by atoms with Crippen LogP contribution in [0.3, 0.4) is 0 Å². The van der Waals surface area contributed by atoms with Gasteiger partial charge in [0, 0.05) is 0 Å². The third kappa shape index (κ3) is 3.92. The summed E-state index contributed by atoms with van der Waals surface area (Å²) < 4.78 is 7.59. The fourth-order valence-corrected chi connectivity index (χ4v) is 3.75. The third-order valence-corrected chi connectivity index (χ3v) is 4.13. The zero-order valence-electron chi connectivity index (χ0n) is 10.3. The highest BCUT2D eigenvalue weighted by molar-refractivity contribution is 14.1. The van der Waals surface area contributed by atoms with Crippen LogP contribution in [0, 0.1) is 7.14 Å². The average molecular weight is 478 g/mol. The van der Waals surface area contributed by atoms with Crippen LogP contribution in [0.1, 0.15) is 6.92 Å². The molecule has 0 aliphatic carbocycles. The summed E-state index contributed by atoms with van der Waals surface area (Å²) in [5, 5.41) is 0. The van der Waals surface area contributed by atoms with Crippen LogP contribution in [-0.2, 0) is 4.79 Å². The number of hydrogen-bond acceptors (Lipinski definition) is 2. The minimum Gasteiger partial charge on any atom is -0.484 e. The SMILES string of the molecule is CC(=O)COc1c(I)cc(-c2ccccc2)cc1I. The third-order valence-electron chi connectivity index (χ3n) is 2.53. The molecule has 0 saturated heterocycles. The minimum atomic E-state index is 0.0266. The summed E-state index contributed by atoms with van der Waals surface area (Å²) in [6, 6.07) is 14.4. The molecule has 0 N–H and O–H groups in total. The maximum atomic E-state index is 11.0. The molecule has 0 aliphatic rings. The zero-order valence-corrected chi connectivity index (χ0v) is 14.6. The molecule has 4 heteroatoms. The molecule has 0 aliphatic heterocycles. The number of hydrogen-bond donors (Lipinski definition) is 0. The lowest BCUT2D eigenvalue weighted by molar-refractivity contribution is -0.118. The van der Waals surface area contributed by atoms with Crippen molar-refractivity contribution in [1.82, 2.24) is 0 Å². The Labute approximate surface area is 139 Å². The number of carbonyl (C=O) groups excluding carboxylic acids is 1. The van der Waals surface area contributed by atoms with E-state index in [1.54, 1.807) is 0 Å². The summed E-state index contributed by atoms with van der Waals surface area (Å²) in [5.74, 6) is 0.815. The van der Waals surface area contributed by atoms with Crippen molar-refractivity contribution in [3.63, 3.8) is 0 Å². The van der Waals surface area contributed by atoms with Gasteiger partial charge in [0.1, 0.15) is 12.4 Å². The largest absolute Gasteiger partial charge is 0.484 e. The molecule has 2 aromatic carbocycles. The van der Waals surface area contributed by atoms with Crippen LogP contribution in [0.5, 0.6) is 5.75 Å². The van der Waals surface area contributed by atoms with Gasteiger partial charge in [0.05, 0.1) is 7.14 Å². The lowest BCUT2D eigenvalue weighted by atomic mass is 10.1. The van der Waals surface area contributed by atoms with Crippen LogP contribution in [0.2, 0.25) is 0 Å². The predicted octanol–water partition coefficient (Wildman–Crippen LogP) is 4.53. The highest BCUT2D eigenvalue weighted by Crippen LogP contribution is 2.32. The molecule has 0 fully saturated rings. The van der Waals surface area contributed by atoms with E-state index in [4.69, 9.17) is 4.74 Å². The quantitative estimate of drug-likeness (QED) is 0.605. The van der Waals surface area contributed by atoms with Gasteiger partial charge in [-0.15, -0.1) is 0 Å². The summed E-state index contributed by atoms with van der Waals surface area (Å²) in [4.78, 5) is 11.0. The summed E-state index contributed by atoms with van der Waals surface area (Å²) in [5.41, 5.74) is 2.33. The van der Waals surface area contributed by atoms with Gasteiger partial charge in [-0.2, -0.15) is 0 Å². The fourth-order valence-electron chi connectivity index (χ4n) is 1.67. The Bertz CT molecular complexity index is 571. The molecule has 0 aromatic heterocycles. The van der Waals surface area contributed by atoms with Gasteiger partial charge in [0.15, 0.2) is 5.78 Å². The second-order valence-electron chi connectivity index (χ2n) is 4.13. The molecule has 2 aromatic rings. The molecule has 0 spiro atoms. The number of benzene rings is 2. The molecule has 2 rings (SSSR count). The monoisotopic (exact) mass is 478 g/mol. The average Bonchev–Trinajstić information content (AvgIpc) is 2.38. The first kappa shape index (κ1) is 14.8. The van der Waals surface area contributed by atoms with Gasteiger partial charge in [0.25, 0.3) is 0 Å². The fraction of sp³-hybridized carbons (Fsp3) is 0.133. The van der Waals surface area contributed by atoms with Crippen LogP contribution in [0.25, 0.3) is 11.1 Å². The lowest BCUT2D eigenvalue weighted by Crippen LogP contribution is -2.08. The molecule has 19 heavy (non-hydrogen) atoms. The minimum absolute atomic E-state index is 0.0266. The van der Waals surface area contributed by atoms with Crippen LogP contribution in [0.4, 0.5) is 0 Å². The summed E-state index contributed by atoms with van der Waals surface area (Å²) in [6.07, 6.45) is 0. The summed E-state index contributed by atoms with van der Waals surface area (Å²) >= 11 is 4.49. The highest BCUT2D eigenvalue weighted by Gasteiger charge is 2.10. The second-order valence-corrected chi connectivity index (χ2v) is 6.45. The van der Waals surface area contributed by atoms with E-state index < -0.39 is 0 Å². The Morgan fingerprint density at radius 1 is 1.05 bits per heavy atom. The van der Waals surface area contributed by atoms with E-state index in [9.17, 15) is 4.79 Å². The van der Waals surface area contributed by atoms with E-state index in [0.717, 1.165) is 18.5 Å². The van der Waals surface area contributed by atoms with Crippen LogP contribution in [-0.4, -0.2) is 12.4 Å². The Morgan fingerprint density at radius 3 is 2.16 bits per heavy atom. The van der Waals surface area contributed by atoms with Gasteiger partial charge in [-0.3, -0.25) is 4.79 Å². The van der Waals surface area contributed by atoms with Gasteiger partial charge >= 0.3 is 0 Å². The molecule has 0 heterocycles. The lowest BCUT2D eigenvalue weighted by Gasteiger charge is -2.11. The van der Waals surface area contributed by atoms with Crippen molar-refractivity contribution >= 4 is 51.0 Å². The first-order valence-electron chi connectivity index (χ1n) is 5.74. The van der Waals surface area contributed by atoms with Gasteiger partial charge in [-0.1, -0.05) is 30.3 Å². The molecular formula is C15H12I2O2. The number of rotatable bonds is 4. The topological polar surface area (TPSA) is 26.3 Å². The normalized spacial score (nSPS) is 10.3. The standard InChI is InChI=1S/C15H12I2O2/c1-10(18)9-19-15-13(16)7-12(8-14(15)17)11-5-3-2-4-6-11/h2-8H,9H2,1H3. The molecule has 0 atom stereocenters. The molecule has 0 unspecified atom stereocenters. The van der Waals surface area contributed by atoms with E-state index in [-0.39, 0.29) is 12.4 Å². The Morgan fingerprint density at radius 2 is 1.63 bits per heavy atom. The smallest absolute Gasteiger partial charge is 0.167 e. The Balaban J connectivity index is 2.34. The van der Waals surface area contributed by atoms with Crippen molar-refractivity contribution in [1.29, 1.82) is 0 Å². The summed E-state index contributed by atoms with van der Waals surface area (Å²) in [6.45, 7) is 1.65. The molecule has 98 valence electrons. The van der Waals surface area contributed by atoms with E-state index >= 15 is 0 Å². The number of carbonyl (C=O) groups is 1. The second kappa shape index (κ2) is 6.69. The number of halogens is 2. The predicted molar refractivity (Wildman–Crippen MR) is 93.5 cm³/mol. The van der Waals surface area contributed by atoms with Crippen LogP contribution in [0.15, 0.2) is 42.5 Å². The Kier molecular flexibility index (Phi) is 5.20. The highest BCUT2D eigenvalue weighted by atomic mass is 127. The first-order chi connectivity index (χ1) is 9.08. The van der Waals surface area contributed by atoms with Gasteiger partial charge < -0.3 is 4.74 Å². The molecule has 0 radical (unpaired) electrons. The van der Waals surface area contributed by atoms with Gasteiger partial charge in [-0.05, 0) is 75.4 Å². The van der Waals surface area contributed by atoms with Gasteiger partial charge in [-0.25, -0.2) is 0 Å². The van der Waals surface area contributed by atoms with E-state index in [0.29, 0.717) is 0 Å². The van der Waals surface area contributed by atoms with Crippen LogP contribution >= 0.6 is 45.2 Å². The van der Waals surface area contributed by atoms with Crippen molar-refractivity contribution in [3.8, 4) is 16.9 Å². The molecule has 0 amide bonds. The summed E-state index contributed by atoms with van der Waals surface area (Å²) in [7, 11) is 0. The van der Waals surface area contributed by atoms with Crippen LogP contribution < -0.4 is 4.74 Å². The maximum absolute atomic E-state index is 11.0. The molecule has 0 bridgehead atoms. The van der Waals surface area contributed by atoms with Crippen molar-refractivity contribution in [2.24, 2.45) is 0 Å². The molecular weight excluding hydrogens is 466 g/mol. The van der Waals surface area contributed by atoms with Gasteiger partial charge in [0.2, 0.25) is 0 Å². The van der Waals surface area contributed by atoms with E-state index in [2.05, 4.69) is 69.4 Å². The van der Waals surface area contributed by atoms with E-state index in [1.807, 2.05) is 18.2 Å². The van der Waals surface area contributed by atoms with Crippen molar-refractivity contribution in [2.45, 2.75) is 6.92 Å². The van der Waals surface area contributed by atoms with Crippen molar-refractivity contribution in [3.05, 3.63) is 49.6 Å². The molecule has 2 nitrogen and oxygen atoms in total. The maximum Gasteiger partial charge on any atom is 0.167 e. The Hall–Kier alpha value is -0.630. The van der Waals surface area contributed by atoms with E-state index in [1.165, 1.54) is 12.5 Å². The van der Waals surface area contributed by atoms with Crippen molar-refractivity contribution < 1.29 is 9.53 Å². The number of ketones is 1. The molecule has 0 saturated carbocycles. The zero-order chi connectivity index (χ0) is 13.8.